The fourth-order valence-electron chi connectivity index (χ4n) is 2.76. The maximum absolute atomic E-state index is 12.2. The van der Waals surface area contributed by atoms with Gasteiger partial charge in [0.1, 0.15) is 10.8 Å². The Balaban J connectivity index is 1.88. The average Bonchev–Trinajstić information content (AvgIpc) is 2.83. The highest BCUT2D eigenvalue weighted by molar-refractivity contribution is 7.79. The van der Waals surface area contributed by atoms with Gasteiger partial charge in [-0.25, -0.2) is 4.98 Å². The summed E-state index contributed by atoms with van der Waals surface area (Å²) in [4.78, 5) is 27.1. The van der Waals surface area contributed by atoms with E-state index in [0.717, 1.165) is 12.0 Å². The van der Waals surface area contributed by atoms with Crippen LogP contribution in [0.15, 0.2) is 29.3 Å². The van der Waals surface area contributed by atoms with Crippen LogP contribution >= 0.6 is 11.6 Å². The molecule has 1 N–H and O–H groups in total. The number of hydrogen-bond donors (Lipinski definition) is 1. The number of nitrogens with zero attached hydrogens (tertiary/aromatic N) is 4. The molecule has 8 nitrogen and oxygen atoms in total. The fraction of sp³-hybridized carbons (Fsp3) is 0.400. The van der Waals surface area contributed by atoms with Gasteiger partial charge in [0.2, 0.25) is 0 Å². The average molecular weight is 383 g/mol. The number of aromatic nitrogens is 3. The van der Waals surface area contributed by atoms with Crippen LogP contribution in [0.25, 0.3) is 11.4 Å². The van der Waals surface area contributed by atoms with Crippen molar-refractivity contribution in [1.82, 2.24) is 19.9 Å². The largest absolute Gasteiger partial charge is 0.771 e. The number of pyridine rings is 1. The zero-order chi connectivity index (χ0) is 17.8. The Bertz CT molecular complexity index is 817. The molecule has 2 aromatic rings. The van der Waals surface area contributed by atoms with Crippen molar-refractivity contribution >= 4 is 28.5 Å². The Morgan fingerprint density at radius 3 is 2.72 bits per heavy atom. The molecule has 1 aliphatic heterocycles. The van der Waals surface area contributed by atoms with E-state index >= 15 is 0 Å². The Hall–Kier alpha value is -1.81. The van der Waals surface area contributed by atoms with E-state index in [0.29, 0.717) is 37.8 Å². The molecule has 3 rings (SSSR count). The molecule has 1 aliphatic rings. The van der Waals surface area contributed by atoms with Crippen molar-refractivity contribution in [2.75, 3.05) is 37.0 Å². The van der Waals surface area contributed by atoms with Crippen LogP contribution in [-0.4, -0.2) is 60.7 Å². The number of nitrogens with one attached hydrogen (secondary N) is 1. The Labute approximate surface area is 152 Å². The number of aromatic amines is 1. The zero-order valence-corrected chi connectivity index (χ0v) is 14.9. The molecule has 2 aromatic heterocycles. The summed E-state index contributed by atoms with van der Waals surface area (Å²) in [6, 6.07) is 3.51. The summed E-state index contributed by atoms with van der Waals surface area (Å²) in [6.45, 7) is 2.42. The summed E-state index contributed by atoms with van der Waals surface area (Å²) in [6.07, 6.45) is 4.00. The maximum Gasteiger partial charge on any atom is 0.272 e. The second-order valence-electron chi connectivity index (χ2n) is 5.68. The van der Waals surface area contributed by atoms with Crippen LogP contribution in [0.5, 0.6) is 0 Å². The summed E-state index contributed by atoms with van der Waals surface area (Å²) < 4.78 is 21.8. The molecule has 1 fully saturated rings. The standard InChI is InChI=1S/C15H18ClN5O3S/c16-12-14(21-7-1-6-20(8-9-21)10-25(23)24)18-13(19-15(12)22)11-2-4-17-5-3-11/h2-5H,1,6-10H2,(H,23,24)(H,18,19,22)/p-1. The first kappa shape index (κ1) is 18.0. The molecule has 1 atom stereocenters. The predicted molar refractivity (Wildman–Crippen MR) is 95.3 cm³/mol. The number of rotatable bonds is 4. The van der Waals surface area contributed by atoms with Gasteiger partial charge in [-0.15, -0.1) is 0 Å². The van der Waals surface area contributed by atoms with Gasteiger partial charge < -0.3 is 14.4 Å². The summed E-state index contributed by atoms with van der Waals surface area (Å²) in [5.41, 5.74) is 0.337. The number of H-pyrrole nitrogens is 1. The SMILES string of the molecule is O=c1[nH]c(-c2ccncc2)nc(N2CCCN(CS(=O)[O-])CC2)c1Cl. The summed E-state index contributed by atoms with van der Waals surface area (Å²) in [7, 11) is 0. The molecule has 25 heavy (non-hydrogen) atoms. The van der Waals surface area contributed by atoms with Crippen LogP contribution < -0.4 is 10.5 Å². The van der Waals surface area contributed by atoms with E-state index in [1.807, 2.05) is 9.80 Å². The van der Waals surface area contributed by atoms with Gasteiger partial charge in [-0.1, -0.05) is 11.6 Å². The molecule has 1 unspecified atom stereocenters. The minimum Gasteiger partial charge on any atom is -0.771 e. The molecule has 0 aliphatic carbocycles. The third-order valence-corrected chi connectivity index (χ3v) is 4.89. The van der Waals surface area contributed by atoms with Crippen LogP contribution in [0, 0.1) is 0 Å². The molecular formula is C15H17ClN5O3S-. The first-order valence-corrected chi connectivity index (χ1v) is 9.40. The second-order valence-corrected chi connectivity index (χ2v) is 6.92. The molecule has 0 bridgehead atoms. The van der Waals surface area contributed by atoms with E-state index in [1.54, 1.807) is 24.5 Å². The minimum absolute atomic E-state index is 0.00659. The van der Waals surface area contributed by atoms with Gasteiger partial charge in [0, 0.05) is 44.1 Å². The fourth-order valence-corrected chi connectivity index (χ4v) is 3.53. The highest BCUT2D eigenvalue weighted by Gasteiger charge is 2.20. The quantitative estimate of drug-likeness (QED) is 0.781. The molecule has 0 aromatic carbocycles. The number of hydrogen-bond acceptors (Lipinski definition) is 7. The van der Waals surface area contributed by atoms with Crippen LogP contribution in [0.3, 0.4) is 0 Å². The van der Waals surface area contributed by atoms with Crippen molar-refractivity contribution in [1.29, 1.82) is 0 Å². The third-order valence-electron chi connectivity index (χ3n) is 3.98. The van der Waals surface area contributed by atoms with Crippen molar-refractivity contribution in [3.05, 3.63) is 39.9 Å². The molecule has 0 spiro atoms. The van der Waals surface area contributed by atoms with Gasteiger partial charge in [-0.05, 0) is 29.6 Å². The highest BCUT2D eigenvalue weighted by atomic mass is 35.5. The summed E-state index contributed by atoms with van der Waals surface area (Å²) in [5, 5.41) is 0.0404. The summed E-state index contributed by atoms with van der Waals surface area (Å²) >= 11 is 4.08. The Morgan fingerprint density at radius 1 is 1.24 bits per heavy atom. The third kappa shape index (κ3) is 4.43. The van der Waals surface area contributed by atoms with Crippen molar-refractivity contribution in [2.24, 2.45) is 0 Å². The lowest BCUT2D eigenvalue weighted by Gasteiger charge is -2.24. The Morgan fingerprint density at radius 2 is 2.00 bits per heavy atom. The van der Waals surface area contributed by atoms with Crippen LogP contribution in [0.1, 0.15) is 6.42 Å². The monoisotopic (exact) mass is 382 g/mol. The second kappa shape index (κ2) is 8.05. The minimum atomic E-state index is -2.11. The normalized spacial score (nSPS) is 17.3. The molecule has 0 radical (unpaired) electrons. The van der Waals surface area contributed by atoms with Crippen molar-refractivity contribution in [2.45, 2.75) is 6.42 Å². The number of anilines is 1. The maximum atomic E-state index is 12.2. The first-order chi connectivity index (χ1) is 12.0. The molecular weight excluding hydrogens is 366 g/mol. The van der Waals surface area contributed by atoms with Crippen molar-refractivity contribution < 1.29 is 8.76 Å². The molecule has 0 amide bonds. The van der Waals surface area contributed by atoms with E-state index in [2.05, 4.69) is 15.0 Å². The molecule has 134 valence electrons. The summed E-state index contributed by atoms with van der Waals surface area (Å²) in [5.74, 6) is 0.850. The molecule has 10 heteroatoms. The topological polar surface area (TPSA) is 105 Å². The van der Waals surface area contributed by atoms with E-state index < -0.39 is 16.6 Å². The van der Waals surface area contributed by atoms with Gasteiger partial charge in [-0.2, -0.15) is 0 Å². The van der Waals surface area contributed by atoms with Gasteiger partial charge in [0.15, 0.2) is 5.82 Å². The predicted octanol–water partition coefficient (Wildman–Crippen LogP) is 0.834. The van der Waals surface area contributed by atoms with Crippen molar-refractivity contribution in [3.63, 3.8) is 0 Å². The van der Waals surface area contributed by atoms with Gasteiger partial charge in [-0.3, -0.25) is 18.9 Å². The van der Waals surface area contributed by atoms with Crippen LogP contribution in [0.2, 0.25) is 5.02 Å². The molecule has 1 saturated heterocycles. The van der Waals surface area contributed by atoms with E-state index in [9.17, 15) is 13.6 Å². The zero-order valence-electron chi connectivity index (χ0n) is 13.4. The van der Waals surface area contributed by atoms with Gasteiger partial charge in [0.25, 0.3) is 5.56 Å². The van der Waals surface area contributed by atoms with E-state index in [4.69, 9.17) is 11.6 Å². The van der Waals surface area contributed by atoms with Crippen LogP contribution in [0.4, 0.5) is 5.82 Å². The number of halogens is 1. The lowest BCUT2D eigenvalue weighted by atomic mass is 10.2. The highest BCUT2D eigenvalue weighted by Crippen LogP contribution is 2.24. The lowest BCUT2D eigenvalue weighted by Crippen LogP contribution is -2.33. The van der Waals surface area contributed by atoms with Gasteiger partial charge >= 0.3 is 0 Å². The van der Waals surface area contributed by atoms with Gasteiger partial charge in [0.05, 0.1) is 5.88 Å². The first-order valence-electron chi connectivity index (χ1n) is 7.78. The Kier molecular flexibility index (Phi) is 5.79. The lowest BCUT2D eigenvalue weighted by molar-refractivity contribution is 0.332. The smallest absolute Gasteiger partial charge is 0.272 e. The van der Waals surface area contributed by atoms with E-state index in [1.165, 1.54) is 0 Å². The molecule has 3 heterocycles. The van der Waals surface area contributed by atoms with E-state index in [-0.39, 0.29) is 10.9 Å². The van der Waals surface area contributed by atoms with Crippen LogP contribution in [-0.2, 0) is 11.1 Å². The van der Waals surface area contributed by atoms with Crippen molar-refractivity contribution in [3.8, 4) is 11.4 Å². The molecule has 0 saturated carbocycles.